The number of hydrogen-bond acceptors (Lipinski definition) is 6. The van der Waals surface area contributed by atoms with Crippen LogP contribution in [0.1, 0.15) is 13.3 Å². The van der Waals surface area contributed by atoms with Gasteiger partial charge in [-0.05, 0) is 0 Å². The molecule has 0 amide bonds. The smallest absolute Gasteiger partial charge is 0.347 e. The lowest BCUT2D eigenvalue weighted by Gasteiger charge is -2.10. The first-order valence-electron chi connectivity index (χ1n) is 4.72. The van der Waals surface area contributed by atoms with Gasteiger partial charge >= 0.3 is 17.9 Å². The van der Waals surface area contributed by atoms with Crippen LogP contribution in [0.3, 0.4) is 0 Å². The quantitative estimate of drug-likeness (QED) is 0.504. The molecule has 1 heterocycles. The molecular weight excluding hydrogens is 216 g/mol. The van der Waals surface area contributed by atoms with Crippen molar-refractivity contribution < 1.29 is 28.6 Å². The van der Waals surface area contributed by atoms with Gasteiger partial charge in [-0.1, -0.05) is 13.5 Å². The summed E-state index contributed by atoms with van der Waals surface area (Å²) in [5, 5.41) is 0. The standard InChI is InChI=1S/C10H12O6/c1-3-7(11)14-5-8(12)15-9-4-6(2)10(13)16-9/h3,6,9H,1,4-5H2,2H3. The van der Waals surface area contributed by atoms with E-state index in [1.165, 1.54) is 0 Å². The second-order valence-electron chi connectivity index (χ2n) is 3.30. The minimum absolute atomic E-state index is 0.284. The van der Waals surface area contributed by atoms with Crippen molar-refractivity contribution in [3.8, 4) is 0 Å². The maximum Gasteiger partial charge on any atom is 0.347 e. The molecule has 2 unspecified atom stereocenters. The highest BCUT2D eigenvalue weighted by molar-refractivity contribution is 5.83. The minimum Gasteiger partial charge on any atom is -0.451 e. The van der Waals surface area contributed by atoms with Gasteiger partial charge in [-0.15, -0.1) is 0 Å². The van der Waals surface area contributed by atoms with E-state index in [0.29, 0.717) is 6.42 Å². The zero-order valence-corrected chi connectivity index (χ0v) is 8.80. The highest BCUT2D eigenvalue weighted by Crippen LogP contribution is 2.21. The van der Waals surface area contributed by atoms with E-state index in [9.17, 15) is 14.4 Å². The van der Waals surface area contributed by atoms with Gasteiger partial charge in [0, 0.05) is 12.5 Å². The molecule has 1 fully saturated rings. The first kappa shape index (κ1) is 12.2. The summed E-state index contributed by atoms with van der Waals surface area (Å²) in [6, 6.07) is 0. The summed E-state index contributed by atoms with van der Waals surface area (Å²) in [4.78, 5) is 32.7. The Bertz CT molecular complexity index is 321. The van der Waals surface area contributed by atoms with Crippen molar-refractivity contribution in [3.05, 3.63) is 12.7 Å². The highest BCUT2D eigenvalue weighted by Gasteiger charge is 2.33. The first-order chi connectivity index (χ1) is 7.52. The monoisotopic (exact) mass is 228 g/mol. The van der Waals surface area contributed by atoms with E-state index in [0.717, 1.165) is 6.08 Å². The fourth-order valence-corrected chi connectivity index (χ4v) is 1.12. The molecule has 16 heavy (non-hydrogen) atoms. The summed E-state index contributed by atoms with van der Waals surface area (Å²) in [5.41, 5.74) is 0. The van der Waals surface area contributed by atoms with Crippen molar-refractivity contribution in [3.63, 3.8) is 0 Å². The van der Waals surface area contributed by atoms with Crippen LogP contribution in [0.25, 0.3) is 0 Å². The van der Waals surface area contributed by atoms with Gasteiger partial charge in [-0.2, -0.15) is 0 Å². The van der Waals surface area contributed by atoms with E-state index < -0.39 is 30.8 Å². The minimum atomic E-state index is -0.877. The third kappa shape index (κ3) is 3.38. The summed E-state index contributed by atoms with van der Waals surface area (Å²) in [6.45, 7) is 4.32. The van der Waals surface area contributed by atoms with Crippen molar-refractivity contribution >= 4 is 17.9 Å². The summed E-state index contributed by atoms with van der Waals surface area (Å²) in [6.07, 6.45) is 0.378. The number of carbonyl (C=O) groups excluding carboxylic acids is 3. The maximum absolute atomic E-state index is 11.1. The van der Waals surface area contributed by atoms with E-state index >= 15 is 0 Å². The molecule has 88 valence electrons. The molecule has 0 radical (unpaired) electrons. The van der Waals surface area contributed by atoms with E-state index in [1.54, 1.807) is 6.92 Å². The predicted molar refractivity (Wildman–Crippen MR) is 50.9 cm³/mol. The van der Waals surface area contributed by atoms with Gasteiger partial charge in [-0.25, -0.2) is 9.59 Å². The van der Waals surface area contributed by atoms with Crippen molar-refractivity contribution in [2.24, 2.45) is 5.92 Å². The molecule has 1 rings (SSSR count). The Morgan fingerprint density at radius 1 is 1.62 bits per heavy atom. The average molecular weight is 228 g/mol. The molecule has 0 aromatic heterocycles. The molecule has 0 saturated carbocycles. The normalized spacial score (nSPS) is 23.4. The fraction of sp³-hybridized carbons (Fsp3) is 0.500. The lowest BCUT2D eigenvalue weighted by atomic mass is 10.1. The predicted octanol–water partition coefficient (Wildman–Crippen LogP) is 0.168. The zero-order valence-electron chi connectivity index (χ0n) is 8.80. The Balaban J connectivity index is 2.27. The van der Waals surface area contributed by atoms with E-state index in [2.05, 4.69) is 11.3 Å². The van der Waals surface area contributed by atoms with Crippen LogP contribution in [-0.2, 0) is 28.6 Å². The molecule has 2 atom stereocenters. The molecule has 0 aliphatic carbocycles. The molecule has 1 aliphatic heterocycles. The van der Waals surface area contributed by atoms with Crippen LogP contribution in [0.15, 0.2) is 12.7 Å². The lowest BCUT2D eigenvalue weighted by Crippen LogP contribution is -2.22. The van der Waals surface area contributed by atoms with Crippen LogP contribution in [0.2, 0.25) is 0 Å². The number of hydrogen-bond donors (Lipinski definition) is 0. The van der Waals surface area contributed by atoms with E-state index in [1.807, 2.05) is 0 Å². The van der Waals surface area contributed by atoms with Crippen LogP contribution in [0.4, 0.5) is 0 Å². The van der Waals surface area contributed by atoms with Crippen molar-refractivity contribution in [1.29, 1.82) is 0 Å². The third-order valence-corrected chi connectivity index (χ3v) is 1.96. The summed E-state index contributed by atoms with van der Waals surface area (Å²) in [7, 11) is 0. The van der Waals surface area contributed by atoms with Crippen molar-refractivity contribution in [1.82, 2.24) is 0 Å². The molecule has 0 bridgehead atoms. The molecule has 0 spiro atoms. The van der Waals surface area contributed by atoms with Gasteiger partial charge < -0.3 is 14.2 Å². The second-order valence-corrected chi connectivity index (χ2v) is 3.30. The van der Waals surface area contributed by atoms with Crippen molar-refractivity contribution in [2.75, 3.05) is 6.61 Å². The van der Waals surface area contributed by atoms with E-state index in [-0.39, 0.29) is 5.92 Å². The second kappa shape index (κ2) is 5.29. The Morgan fingerprint density at radius 3 is 2.81 bits per heavy atom. The van der Waals surface area contributed by atoms with Gasteiger partial charge in [0.1, 0.15) is 0 Å². The average Bonchev–Trinajstić information content (AvgIpc) is 2.54. The van der Waals surface area contributed by atoms with Gasteiger partial charge in [0.05, 0.1) is 5.92 Å². The van der Waals surface area contributed by atoms with Crippen molar-refractivity contribution in [2.45, 2.75) is 19.6 Å². The van der Waals surface area contributed by atoms with E-state index in [4.69, 9.17) is 9.47 Å². The van der Waals surface area contributed by atoms with Crippen LogP contribution in [0.5, 0.6) is 0 Å². The van der Waals surface area contributed by atoms with Crippen LogP contribution in [0, 0.1) is 5.92 Å². The molecule has 6 heteroatoms. The number of carbonyl (C=O) groups is 3. The molecule has 0 aromatic carbocycles. The van der Waals surface area contributed by atoms with Crippen LogP contribution >= 0.6 is 0 Å². The molecular formula is C10H12O6. The Kier molecular flexibility index (Phi) is 4.04. The summed E-state index contributed by atoms with van der Waals surface area (Å²) >= 11 is 0. The Hall–Kier alpha value is -1.85. The largest absolute Gasteiger partial charge is 0.451 e. The summed E-state index contributed by atoms with van der Waals surface area (Å²) in [5.74, 6) is -2.16. The number of esters is 3. The molecule has 0 aromatic rings. The zero-order chi connectivity index (χ0) is 12.1. The number of rotatable bonds is 4. The third-order valence-electron chi connectivity index (χ3n) is 1.96. The highest BCUT2D eigenvalue weighted by atomic mass is 16.7. The number of cyclic esters (lactones) is 1. The topological polar surface area (TPSA) is 78.9 Å². The Labute approximate surface area is 92.2 Å². The molecule has 1 aliphatic rings. The van der Waals surface area contributed by atoms with Gasteiger partial charge in [0.25, 0.3) is 0 Å². The van der Waals surface area contributed by atoms with Crippen LogP contribution < -0.4 is 0 Å². The molecule has 1 saturated heterocycles. The Morgan fingerprint density at radius 2 is 2.31 bits per heavy atom. The number of ether oxygens (including phenoxy) is 3. The van der Waals surface area contributed by atoms with Gasteiger partial charge in [-0.3, -0.25) is 4.79 Å². The SMILES string of the molecule is C=CC(=O)OCC(=O)OC1CC(C)C(=O)O1. The van der Waals surface area contributed by atoms with Gasteiger partial charge in [0.2, 0.25) is 6.29 Å². The fourth-order valence-electron chi connectivity index (χ4n) is 1.12. The first-order valence-corrected chi connectivity index (χ1v) is 4.72. The van der Waals surface area contributed by atoms with Gasteiger partial charge in [0.15, 0.2) is 6.61 Å². The lowest BCUT2D eigenvalue weighted by molar-refractivity contribution is -0.182. The molecule has 6 nitrogen and oxygen atoms in total. The maximum atomic E-state index is 11.1. The molecule has 0 N–H and O–H groups in total. The van der Waals surface area contributed by atoms with Crippen LogP contribution in [-0.4, -0.2) is 30.8 Å². The summed E-state index contributed by atoms with van der Waals surface area (Å²) < 4.78 is 13.9.